The smallest absolute Gasteiger partial charge is 0.147 e. The fraction of sp³-hybridized carbons (Fsp3) is 0.500. The largest absolute Gasteiger partial charge is 0.384 e. The van der Waals surface area contributed by atoms with E-state index in [-0.39, 0.29) is 17.1 Å². The van der Waals surface area contributed by atoms with Crippen molar-refractivity contribution in [2.24, 2.45) is 5.41 Å². The van der Waals surface area contributed by atoms with Crippen LogP contribution in [0.25, 0.3) is 0 Å². The van der Waals surface area contributed by atoms with Crippen molar-refractivity contribution in [3.63, 3.8) is 0 Å². The van der Waals surface area contributed by atoms with Gasteiger partial charge in [0.15, 0.2) is 0 Å². The summed E-state index contributed by atoms with van der Waals surface area (Å²) in [6, 6.07) is 9.82. The summed E-state index contributed by atoms with van der Waals surface area (Å²) in [5.41, 5.74) is 0.697. The van der Waals surface area contributed by atoms with E-state index in [2.05, 4.69) is 0 Å². The van der Waals surface area contributed by atoms with E-state index >= 15 is 0 Å². The standard InChI is InChI=1S/C14H20O2/c1-14(2,3)13(15)12(10-16-4)11-8-6-5-7-9-11/h5-9,12H,10H2,1-4H3. The van der Waals surface area contributed by atoms with Crippen LogP contribution in [0.4, 0.5) is 0 Å². The number of hydrogen-bond donors (Lipinski definition) is 0. The van der Waals surface area contributed by atoms with Crippen molar-refractivity contribution in [2.45, 2.75) is 26.7 Å². The van der Waals surface area contributed by atoms with Crippen LogP contribution in [0.3, 0.4) is 0 Å². The lowest BCUT2D eigenvalue weighted by Crippen LogP contribution is -2.29. The molecule has 0 aliphatic rings. The van der Waals surface area contributed by atoms with Crippen molar-refractivity contribution in [2.75, 3.05) is 13.7 Å². The fourth-order valence-electron chi connectivity index (χ4n) is 1.70. The number of ether oxygens (including phenoxy) is 1. The second-order valence-electron chi connectivity index (χ2n) is 5.03. The van der Waals surface area contributed by atoms with Gasteiger partial charge in [0.1, 0.15) is 5.78 Å². The monoisotopic (exact) mass is 220 g/mol. The first kappa shape index (κ1) is 12.9. The number of hydrogen-bond acceptors (Lipinski definition) is 2. The number of methoxy groups -OCH3 is 1. The molecule has 1 aromatic rings. The minimum atomic E-state index is -0.334. The first-order valence-electron chi connectivity index (χ1n) is 5.55. The highest BCUT2D eigenvalue weighted by molar-refractivity contribution is 5.90. The minimum absolute atomic E-state index is 0.161. The maximum absolute atomic E-state index is 12.3. The number of benzene rings is 1. The van der Waals surface area contributed by atoms with Crippen LogP contribution in [-0.4, -0.2) is 19.5 Å². The second kappa shape index (κ2) is 5.26. The number of carbonyl (C=O) groups is 1. The SMILES string of the molecule is COCC(C(=O)C(C)(C)C)c1ccccc1. The number of ketones is 1. The van der Waals surface area contributed by atoms with Crippen LogP contribution < -0.4 is 0 Å². The highest BCUT2D eigenvalue weighted by Crippen LogP contribution is 2.27. The number of rotatable bonds is 4. The molecule has 2 nitrogen and oxygen atoms in total. The van der Waals surface area contributed by atoms with Crippen molar-refractivity contribution in [3.8, 4) is 0 Å². The zero-order valence-corrected chi connectivity index (χ0v) is 10.5. The van der Waals surface area contributed by atoms with E-state index in [1.54, 1.807) is 7.11 Å². The fourth-order valence-corrected chi connectivity index (χ4v) is 1.70. The molecule has 2 heteroatoms. The van der Waals surface area contributed by atoms with Crippen LogP contribution in [0.15, 0.2) is 30.3 Å². The maximum Gasteiger partial charge on any atom is 0.147 e. The predicted octanol–water partition coefficient (Wildman–Crippen LogP) is 3.03. The summed E-state index contributed by atoms with van der Waals surface area (Å²) in [5, 5.41) is 0. The van der Waals surface area contributed by atoms with E-state index in [1.165, 1.54) is 0 Å². The Hall–Kier alpha value is -1.15. The van der Waals surface area contributed by atoms with E-state index < -0.39 is 0 Å². The zero-order valence-electron chi connectivity index (χ0n) is 10.5. The van der Waals surface area contributed by atoms with Crippen LogP contribution in [0.5, 0.6) is 0 Å². The van der Waals surface area contributed by atoms with Gasteiger partial charge >= 0.3 is 0 Å². The molecule has 0 fully saturated rings. The molecule has 0 radical (unpaired) electrons. The molecule has 0 aliphatic carbocycles. The Morgan fingerprint density at radius 2 is 1.81 bits per heavy atom. The van der Waals surface area contributed by atoms with Crippen molar-refractivity contribution in [1.82, 2.24) is 0 Å². The van der Waals surface area contributed by atoms with Crippen molar-refractivity contribution in [3.05, 3.63) is 35.9 Å². The quantitative estimate of drug-likeness (QED) is 0.779. The molecule has 1 atom stereocenters. The highest BCUT2D eigenvalue weighted by Gasteiger charge is 2.30. The maximum atomic E-state index is 12.3. The zero-order chi connectivity index (χ0) is 12.2. The first-order chi connectivity index (χ1) is 7.46. The normalized spacial score (nSPS) is 13.5. The van der Waals surface area contributed by atoms with Crippen LogP contribution in [0, 0.1) is 5.41 Å². The summed E-state index contributed by atoms with van der Waals surface area (Å²) in [6.07, 6.45) is 0. The lowest BCUT2D eigenvalue weighted by molar-refractivity contribution is -0.129. The van der Waals surface area contributed by atoms with E-state index in [4.69, 9.17) is 4.74 Å². The third-order valence-corrected chi connectivity index (χ3v) is 2.59. The van der Waals surface area contributed by atoms with Gasteiger partial charge in [0, 0.05) is 12.5 Å². The van der Waals surface area contributed by atoms with Gasteiger partial charge in [-0.15, -0.1) is 0 Å². The summed E-state index contributed by atoms with van der Waals surface area (Å²) in [5.74, 6) is 0.0618. The average Bonchev–Trinajstić information content (AvgIpc) is 2.25. The highest BCUT2D eigenvalue weighted by atomic mass is 16.5. The van der Waals surface area contributed by atoms with Crippen LogP contribution in [0.1, 0.15) is 32.3 Å². The molecule has 16 heavy (non-hydrogen) atoms. The van der Waals surface area contributed by atoms with Crippen LogP contribution in [0.2, 0.25) is 0 Å². The lowest BCUT2D eigenvalue weighted by atomic mass is 9.80. The summed E-state index contributed by atoms with van der Waals surface area (Å²) in [6.45, 7) is 6.28. The number of carbonyl (C=O) groups excluding carboxylic acids is 1. The van der Waals surface area contributed by atoms with Crippen LogP contribution >= 0.6 is 0 Å². The molecule has 0 N–H and O–H groups in total. The Kier molecular flexibility index (Phi) is 4.25. The Labute approximate surface area is 97.6 Å². The molecule has 1 rings (SSSR count). The topological polar surface area (TPSA) is 26.3 Å². The average molecular weight is 220 g/mol. The second-order valence-corrected chi connectivity index (χ2v) is 5.03. The first-order valence-corrected chi connectivity index (χ1v) is 5.55. The molecule has 1 unspecified atom stereocenters. The molecule has 0 bridgehead atoms. The Morgan fingerprint density at radius 3 is 2.25 bits per heavy atom. The molecular weight excluding hydrogens is 200 g/mol. The summed E-state index contributed by atoms with van der Waals surface area (Å²) in [7, 11) is 1.63. The van der Waals surface area contributed by atoms with E-state index in [0.29, 0.717) is 6.61 Å². The lowest BCUT2D eigenvalue weighted by Gasteiger charge is -2.24. The van der Waals surface area contributed by atoms with Gasteiger partial charge in [-0.3, -0.25) is 4.79 Å². The number of Topliss-reactive ketones (excluding diaryl/α,β-unsaturated/α-hetero) is 1. The van der Waals surface area contributed by atoms with E-state index in [0.717, 1.165) is 5.56 Å². The molecule has 1 aromatic carbocycles. The van der Waals surface area contributed by atoms with E-state index in [9.17, 15) is 4.79 Å². The Morgan fingerprint density at radius 1 is 1.25 bits per heavy atom. The van der Waals surface area contributed by atoms with Gasteiger partial charge in [-0.2, -0.15) is 0 Å². The van der Waals surface area contributed by atoms with Gasteiger partial charge in [-0.1, -0.05) is 51.1 Å². The van der Waals surface area contributed by atoms with Gasteiger partial charge in [0.2, 0.25) is 0 Å². The Bertz CT molecular complexity index is 336. The minimum Gasteiger partial charge on any atom is -0.384 e. The molecule has 0 saturated heterocycles. The summed E-state index contributed by atoms with van der Waals surface area (Å²) >= 11 is 0. The molecule has 0 amide bonds. The molecular formula is C14H20O2. The Balaban J connectivity index is 2.97. The molecule has 0 saturated carbocycles. The van der Waals surface area contributed by atoms with Crippen molar-refractivity contribution in [1.29, 1.82) is 0 Å². The summed E-state index contributed by atoms with van der Waals surface area (Å²) < 4.78 is 5.15. The molecule has 0 heterocycles. The molecule has 0 spiro atoms. The predicted molar refractivity (Wildman–Crippen MR) is 65.5 cm³/mol. The van der Waals surface area contributed by atoms with Gasteiger partial charge in [0.05, 0.1) is 12.5 Å². The van der Waals surface area contributed by atoms with Crippen LogP contribution in [-0.2, 0) is 9.53 Å². The van der Waals surface area contributed by atoms with E-state index in [1.807, 2.05) is 51.1 Å². The third-order valence-electron chi connectivity index (χ3n) is 2.59. The molecule has 88 valence electrons. The summed E-state index contributed by atoms with van der Waals surface area (Å²) in [4.78, 5) is 12.3. The van der Waals surface area contributed by atoms with Crippen molar-refractivity contribution < 1.29 is 9.53 Å². The van der Waals surface area contributed by atoms with Crippen molar-refractivity contribution >= 4 is 5.78 Å². The van der Waals surface area contributed by atoms with Gasteiger partial charge in [-0.05, 0) is 5.56 Å². The third kappa shape index (κ3) is 3.17. The van der Waals surface area contributed by atoms with Gasteiger partial charge in [0.25, 0.3) is 0 Å². The molecule has 0 aromatic heterocycles. The molecule has 0 aliphatic heterocycles. The van der Waals surface area contributed by atoms with Gasteiger partial charge < -0.3 is 4.74 Å². The van der Waals surface area contributed by atoms with Gasteiger partial charge in [-0.25, -0.2) is 0 Å².